The number of hydrazine groups is 1. The SMILES string of the molecule is NNC(CCCc1ccccc1)c1ccc(Cl)o1. The molecule has 4 heteroatoms. The Bertz CT molecular complexity index is 470. The van der Waals surface area contributed by atoms with E-state index in [1.165, 1.54) is 5.56 Å². The molecule has 0 radical (unpaired) electrons. The van der Waals surface area contributed by atoms with Gasteiger partial charge < -0.3 is 4.42 Å². The van der Waals surface area contributed by atoms with Gasteiger partial charge in [-0.2, -0.15) is 0 Å². The summed E-state index contributed by atoms with van der Waals surface area (Å²) >= 11 is 5.76. The van der Waals surface area contributed by atoms with Gasteiger partial charge >= 0.3 is 0 Å². The zero-order valence-electron chi connectivity index (χ0n) is 10.1. The van der Waals surface area contributed by atoms with Crippen molar-refractivity contribution in [2.24, 2.45) is 5.84 Å². The minimum atomic E-state index is 0.0150. The van der Waals surface area contributed by atoms with Crippen LogP contribution in [0.2, 0.25) is 5.22 Å². The Kier molecular flexibility index (Phi) is 4.81. The molecule has 2 rings (SSSR count). The molecule has 1 aromatic carbocycles. The van der Waals surface area contributed by atoms with E-state index in [2.05, 4.69) is 29.7 Å². The van der Waals surface area contributed by atoms with E-state index in [4.69, 9.17) is 21.9 Å². The predicted octanol–water partition coefficient (Wildman–Crippen LogP) is 3.46. The normalized spacial score (nSPS) is 12.6. The van der Waals surface area contributed by atoms with Gasteiger partial charge in [0.25, 0.3) is 0 Å². The number of nitrogens with one attached hydrogen (secondary N) is 1. The van der Waals surface area contributed by atoms with Crippen LogP contribution in [0.1, 0.15) is 30.2 Å². The molecule has 0 aliphatic heterocycles. The largest absolute Gasteiger partial charge is 0.448 e. The lowest BCUT2D eigenvalue weighted by atomic mass is 10.0. The molecule has 0 amide bonds. The van der Waals surface area contributed by atoms with Crippen LogP contribution in [0.15, 0.2) is 46.9 Å². The number of benzene rings is 1. The molecular formula is C14H17ClN2O. The Hall–Kier alpha value is -1.29. The molecule has 0 aliphatic carbocycles. The lowest BCUT2D eigenvalue weighted by molar-refractivity contribution is 0.395. The molecule has 0 spiro atoms. The van der Waals surface area contributed by atoms with Crippen LogP contribution in [0.3, 0.4) is 0 Å². The molecule has 0 saturated carbocycles. The molecule has 0 aliphatic rings. The summed E-state index contributed by atoms with van der Waals surface area (Å²) in [7, 11) is 0. The third kappa shape index (κ3) is 3.60. The molecule has 18 heavy (non-hydrogen) atoms. The zero-order chi connectivity index (χ0) is 12.8. The Labute approximate surface area is 112 Å². The van der Waals surface area contributed by atoms with Crippen molar-refractivity contribution in [1.29, 1.82) is 0 Å². The van der Waals surface area contributed by atoms with Crippen LogP contribution in [0.25, 0.3) is 0 Å². The van der Waals surface area contributed by atoms with Crippen molar-refractivity contribution in [2.75, 3.05) is 0 Å². The van der Waals surface area contributed by atoms with Crippen LogP contribution in [-0.4, -0.2) is 0 Å². The van der Waals surface area contributed by atoms with E-state index in [-0.39, 0.29) is 6.04 Å². The maximum Gasteiger partial charge on any atom is 0.193 e. The summed E-state index contributed by atoms with van der Waals surface area (Å²) in [6, 6.07) is 14.0. The lowest BCUT2D eigenvalue weighted by Crippen LogP contribution is -2.27. The monoisotopic (exact) mass is 264 g/mol. The minimum Gasteiger partial charge on any atom is -0.448 e. The van der Waals surface area contributed by atoms with Crippen molar-refractivity contribution in [3.63, 3.8) is 0 Å². The van der Waals surface area contributed by atoms with Gasteiger partial charge in [-0.15, -0.1) is 0 Å². The highest BCUT2D eigenvalue weighted by Crippen LogP contribution is 2.23. The van der Waals surface area contributed by atoms with Gasteiger partial charge in [0.2, 0.25) is 0 Å². The molecular weight excluding hydrogens is 248 g/mol. The first-order chi connectivity index (χ1) is 8.79. The molecule has 0 fully saturated rings. The van der Waals surface area contributed by atoms with Gasteiger partial charge in [0, 0.05) is 0 Å². The Balaban J connectivity index is 1.85. The van der Waals surface area contributed by atoms with Crippen molar-refractivity contribution in [1.82, 2.24) is 5.43 Å². The highest BCUT2D eigenvalue weighted by Gasteiger charge is 2.13. The molecule has 96 valence electrons. The quantitative estimate of drug-likeness (QED) is 0.621. The number of hydrogen-bond donors (Lipinski definition) is 2. The maximum absolute atomic E-state index is 5.76. The molecule has 1 aromatic heterocycles. The molecule has 1 atom stereocenters. The average Bonchev–Trinajstić information content (AvgIpc) is 2.82. The number of halogens is 1. The lowest BCUT2D eigenvalue weighted by Gasteiger charge is -2.12. The van der Waals surface area contributed by atoms with Gasteiger partial charge in [0.15, 0.2) is 5.22 Å². The molecule has 1 unspecified atom stereocenters. The molecule has 1 heterocycles. The third-order valence-electron chi connectivity index (χ3n) is 2.94. The number of furan rings is 1. The van der Waals surface area contributed by atoms with E-state index < -0.39 is 0 Å². The van der Waals surface area contributed by atoms with Gasteiger partial charge in [0.05, 0.1) is 6.04 Å². The predicted molar refractivity (Wildman–Crippen MR) is 73.2 cm³/mol. The van der Waals surface area contributed by atoms with Crippen molar-refractivity contribution >= 4 is 11.6 Å². The Morgan fingerprint density at radius 3 is 2.56 bits per heavy atom. The van der Waals surface area contributed by atoms with Crippen LogP contribution in [0.4, 0.5) is 0 Å². The van der Waals surface area contributed by atoms with Crippen molar-refractivity contribution in [3.8, 4) is 0 Å². The van der Waals surface area contributed by atoms with Crippen molar-refractivity contribution in [3.05, 3.63) is 59.0 Å². The summed E-state index contributed by atoms with van der Waals surface area (Å²) in [5.74, 6) is 6.33. The number of aryl methyl sites for hydroxylation is 1. The van der Waals surface area contributed by atoms with E-state index in [1.807, 2.05) is 12.1 Å². The zero-order valence-corrected chi connectivity index (χ0v) is 10.9. The van der Waals surface area contributed by atoms with Gasteiger partial charge in [-0.3, -0.25) is 5.84 Å². The van der Waals surface area contributed by atoms with Gasteiger partial charge in [-0.1, -0.05) is 30.3 Å². The van der Waals surface area contributed by atoms with E-state index in [9.17, 15) is 0 Å². The number of rotatable bonds is 6. The van der Waals surface area contributed by atoms with Gasteiger partial charge in [0.1, 0.15) is 5.76 Å². The van der Waals surface area contributed by atoms with E-state index in [0.717, 1.165) is 25.0 Å². The average molecular weight is 265 g/mol. The highest BCUT2D eigenvalue weighted by atomic mass is 35.5. The highest BCUT2D eigenvalue weighted by molar-refractivity contribution is 6.28. The smallest absolute Gasteiger partial charge is 0.193 e. The second kappa shape index (κ2) is 6.59. The van der Waals surface area contributed by atoms with Gasteiger partial charge in [-0.05, 0) is 48.6 Å². The van der Waals surface area contributed by atoms with E-state index in [0.29, 0.717) is 5.22 Å². The second-order valence-corrected chi connectivity index (χ2v) is 4.61. The van der Waals surface area contributed by atoms with Crippen LogP contribution >= 0.6 is 11.6 Å². The van der Waals surface area contributed by atoms with Crippen LogP contribution in [0, 0.1) is 0 Å². The topological polar surface area (TPSA) is 51.2 Å². The molecule has 3 N–H and O–H groups in total. The summed E-state index contributed by atoms with van der Waals surface area (Å²) in [5.41, 5.74) is 4.10. The summed E-state index contributed by atoms with van der Waals surface area (Å²) < 4.78 is 5.36. The van der Waals surface area contributed by atoms with Crippen LogP contribution in [-0.2, 0) is 6.42 Å². The van der Waals surface area contributed by atoms with Crippen molar-refractivity contribution < 1.29 is 4.42 Å². The molecule has 0 bridgehead atoms. The fourth-order valence-corrected chi connectivity index (χ4v) is 2.13. The Morgan fingerprint density at radius 1 is 1.17 bits per heavy atom. The first-order valence-corrected chi connectivity index (χ1v) is 6.42. The number of nitrogens with two attached hydrogens (primary N) is 1. The van der Waals surface area contributed by atoms with E-state index >= 15 is 0 Å². The first-order valence-electron chi connectivity index (χ1n) is 6.05. The fraction of sp³-hybridized carbons (Fsp3) is 0.286. The maximum atomic E-state index is 5.76. The second-order valence-electron chi connectivity index (χ2n) is 4.24. The number of hydrogen-bond acceptors (Lipinski definition) is 3. The Morgan fingerprint density at radius 2 is 1.94 bits per heavy atom. The summed E-state index contributed by atoms with van der Waals surface area (Å²) in [4.78, 5) is 0. The van der Waals surface area contributed by atoms with Crippen LogP contribution < -0.4 is 11.3 Å². The molecule has 3 nitrogen and oxygen atoms in total. The minimum absolute atomic E-state index is 0.0150. The standard InChI is InChI=1S/C14H17ClN2O/c15-14-10-9-13(18-14)12(17-16)8-4-7-11-5-2-1-3-6-11/h1-3,5-6,9-10,12,17H,4,7-8,16H2. The third-order valence-corrected chi connectivity index (χ3v) is 3.14. The first kappa shape index (κ1) is 13.1. The van der Waals surface area contributed by atoms with Crippen molar-refractivity contribution in [2.45, 2.75) is 25.3 Å². The molecule has 2 aromatic rings. The van der Waals surface area contributed by atoms with Gasteiger partial charge in [-0.25, -0.2) is 5.43 Å². The summed E-state index contributed by atoms with van der Waals surface area (Å²) in [5, 5.41) is 0.397. The fourth-order valence-electron chi connectivity index (χ4n) is 1.98. The van der Waals surface area contributed by atoms with E-state index in [1.54, 1.807) is 6.07 Å². The molecule has 0 saturated heterocycles. The summed E-state index contributed by atoms with van der Waals surface area (Å²) in [6.45, 7) is 0. The summed E-state index contributed by atoms with van der Waals surface area (Å²) in [6.07, 6.45) is 2.99. The van der Waals surface area contributed by atoms with Crippen LogP contribution in [0.5, 0.6) is 0 Å².